The third-order valence-electron chi connectivity index (χ3n) is 4.23. The third-order valence-corrected chi connectivity index (χ3v) is 4.23. The Labute approximate surface area is 149 Å². The maximum Gasteiger partial charge on any atom is 0.516 e. The van der Waals surface area contributed by atoms with Crippen LogP contribution in [0.5, 0.6) is 0 Å². The fourth-order valence-corrected chi connectivity index (χ4v) is 3.02. The van der Waals surface area contributed by atoms with E-state index in [0.717, 1.165) is 22.3 Å². The van der Waals surface area contributed by atoms with Crippen LogP contribution < -0.4 is 5.73 Å². The quantitative estimate of drug-likeness (QED) is 0.624. The number of aliphatic carboxylic acids is 1. The van der Waals surface area contributed by atoms with Gasteiger partial charge in [-0.3, -0.25) is 9.59 Å². The first-order valence-electron chi connectivity index (χ1n) is 8.01. The molecule has 1 aliphatic carbocycles. The first-order valence-corrected chi connectivity index (χ1v) is 8.01. The van der Waals surface area contributed by atoms with Crippen molar-refractivity contribution in [3.63, 3.8) is 0 Å². The highest BCUT2D eigenvalue weighted by atomic mass is 16.7. The number of ether oxygens (including phenoxy) is 2. The van der Waals surface area contributed by atoms with Gasteiger partial charge in [0.05, 0.1) is 6.42 Å². The zero-order valence-electron chi connectivity index (χ0n) is 13.8. The number of hydrogen-bond donors (Lipinski definition) is 2. The Morgan fingerprint density at radius 2 is 1.54 bits per heavy atom. The highest BCUT2D eigenvalue weighted by Crippen LogP contribution is 2.44. The van der Waals surface area contributed by atoms with E-state index in [1.165, 1.54) is 0 Å². The van der Waals surface area contributed by atoms with Crippen molar-refractivity contribution >= 4 is 18.1 Å². The molecular weight excluding hydrogens is 338 g/mol. The van der Waals surface area contributed by atoms with E-state index in [2.05, 4.69) is 4.74 Å². The van der Waals surface area contributed by atoms with Gasteiger partial charge in [-0.1, -0.05) is 48.5 Å². The van der Waals surface area contributed by atoms with Gasteiger partial charge < -0.3 is 20.3 Å². The summed E-state index contributed by atoms with van der Waals surface area (Å²) in [5.41, 5.74) is 9.43. The maximum atomic E-state index is 11.7. The lowest BCUT2D eigenvalue weighted by Gasteiger charge is -2.13. The summed E-state index contributed by atoms with van der Waals surface area (Å²) >= 11 is 0. The molecule has 1 aliphatic rings. The number of rotatable bonds is 5. The Balaban J connectivity index is 1.64. The van der Waals surface area contributed by atoms with E-state index in [-0.39, 0.29) is 12.5 Å². The van der Waals surface area contributed by atoms with Crippen molar-refractivity contribution in [2.75, 3.05) is 6.61 Å². The SMILES string of the molecule is N[C@@H](CC(=O)OC(=O)OCC1c2ccccc2-c2ccccc21)C(=O)O. The zero-order chi connectivity index (χ0) is 18.7. The van der Waals surface area contributed by atoms with E-state index < -0.39 is 30.6 Å². The van der Waals surface area contributed by atoms with Crippen LogP contribution in [0, 0.1) is 0 Å². The van der Waals surface area contributed by atoms with Gasteiger partial charge in [0.1, 0.15) is 12.6 Å². The summed E-state index contributed by atoms with van der Waals surface area (Å²) in [5.74, 6) is -2.56. The number of carbonyl (C=O) groups excluding carboxylic acids is 2. The molecule has 0 heterocycles. The molecule has 0 saturated heterocycles. The summed E-state index contributed by atoms with van der Waals surface area (Å²) < 4.78 is 9.55. The average molecular weight is 355 g/mol. The first kappa shape index (κ1) is 17.6. The predicted octanol–water partition coefficient (Wildman–Crippen LogP) is 2.28. The van der Waals surface area contributed by atoms with Crippen LogP contribution in [-0.4, -0.2) is 35.8 Å². The largest absolute Gasteiger partial charge is 0.516 e. The van der Waals surface area contributed by atoms with Gasteiger partial charge >= 0.3 is 18.1 Å². The lowest BCUT2D eigenvalue weighted by atomic mass is 9.98. The van der Waals surface area contributed by atoms with Gasteiger partial charge in [0.2, 0.25) is 0 Å². The number of carboxylic acids is 1. The van der Waals surface area contributed by atoms with Crippen molar-refractivity contribution in [2.24, 2.45) is 5.73 Å². The average Bonchev–Trinajstić information content (AvgIpc) is 2.93. The lowest BCUT2D eigenvalue weighted by Crippen LogP contribution is -2.33. The van der Waals surface area contributed by atoms with E-state index in [1.54, 1.807) is 0 Å². The lowest BCUT2D eigenvalue weighted by molar-refractivity contribution is -0.146. The van der Waals surface area contributed by atoms with Gasteiger partial charge in [0, 0.05) is 5.92 Å². The van der Waals surface area contributed by atoms with Crippen LogP contribution in [0.1, 0.15) is 23.5 Å². The monoisotopic (exact) mass is 355 g/mol. The van der Waals surface area contributed by atoms with Crippen molar-refractivity contribution in [1.29, 1.82) is 0 Å². The van der Waals surface area contributed by atoms with Crippen molar-refractivity contribution in [3.05, 3.63) is 59.7 Å². The molecule has 0 spiro atoms. The number of carboxylic acid groups (broad SMARTS) is 1. The second-order valence-electron chi connectivity index (χ2n) is 5.91. The van der Waals surface area contributed by atoms with Crippen LogP contribution in [0.3, 0.4) is 0 Å². The number of fused-ring (bicyclic) bond motifs is 3. The standard InChI is InChI=1S/C19H17NO6/c20-16(18(22)23)9-17(21)26-19(24)25-10-15-13-7-3-1-5-11(13)12-6-2-4-8-14(12)15/h1-8,15-16H,9-10,20H2,(H,22,23)/t16-/m0/s1. The molecule has 2 aromatic rings. The molecule has 7 nitrogen and oxygen atoms in total. The van der Waals surface area contributed by atoms with E-state index in [0.29, 0.717) is 0 Å². The number of carbonyl (C=O) groups is 3. The molecule has 0 bridgehead atoms. The van der Waals surface area contributed by atoms with Crippen molar-refractivity contribution in [1.82, 2.24) is 0 Å². The Kier molecular flexibility index (Phi) is 4.99. The summed E-state index contributed by atoms with van der Waals surface area (Å²) in [5, 5.41) is 8.65. The van der Waals surface area contributed by atoms with Crippen LogP contribution in [-0.2, 0) is 19.1 Å². The van der Waals surface area contributed by atoms with E-state index in [4.69, 9.17) is 15.6 Å². The molecule has 0 saturated carbocycles. The Hall–Kier alpha value is -3.19. The molecule has 0 fully saturated rings. The summed E-state index contributed by atoms with van der Waals surface area (Å²) in [6.07, 6.45) is -1.78. The summed E-state index contributed by atoms with van der Waals surface area (Å²) in [6, 6.07) is 14.2. The minimum Gasteiger partial charge on any atom is -0.480 e. The number of esters is 1. The molecule has 0 aliphatic heterocycles. The molecule has 2 aromatic carbocycles. The highest BCUT2D eigenvalue weighted by molar-refractivity contribution is 5.86. The van der Waals surface area contributed by atoms with Crippen LogP contribution in [0.15, 0.2) is 48.5 Å². The molecule has 0 amide bonds. The molecule has 7 heteroatoms. The summed E-state index contributed by atoms with van der Waals surface area (Å²) in [7, 11) is 0. The fraction of sp³-hybridized carbons (Fsp3) is 0.211. The van der Waals surface area contributed by atoms with E-state index in [9.17, 15) is 14.4 Å². The summed E-state index contributed by atoms with van der Waals surface area (Å²) in [6.45, 7) is 0.00508. The molecule has 3 N–H and O–H groups in total. The topological polar surface area (TPSA) is 116 Å². The Bertz CT molecular complexity index is 817. The zero-order valence-corrected chi connectivity index (χ0v) is 13.8. The highest BCUT2D eigenvalue weighted by Gasteiger charge is 2.29. The smallest absolute Gasteiger partial charge is 0.480 e. The van der Waals surface area contributed by atoms with Crippen LogP contribution in [0.2, 0.25) is 0 Å². The second kappa shape index (κ2) is 7.37. The van der Waals surface area contributed by atoms with E-state index in [1.807, 2.05) is 48.5 Å². The van der Waals surface area contributed by atoms with Gasteiger partial charge in [0.25, 0.3) is 0 Å². The second-order valence-corrected chi connectivity index (χ2v) is 5.91. The van der Waals surface area contributed by atoms with Crippen molar-refractivity contribution in [2.45, 2.75) is 18.4 Å². The molecule has 0 aromatic heterocycles. The minimum absolute atomic E-state index is 0.00508. The normalized spacial score (nSPS) is 13.4. The van der Waals surface area contributed by atoms with Crippen molar-refractivity contribution in [3.8, 4) is 11.1 Å². The molecule has 0 radical (unpaired) electrons. The predicted molar refractivity (Wildman–Crippen MR) is 91.4 cm³/mol. The number of benzene rings is 2. The van der Waals surface area contributed by atoms with Gasteiger partial charge in [0.15, 0.2) is 0 Å². The third kappa shape index (κ3) is 3.57. The van der Waals surface area contributed by atoms with Crippen LogP contribution >= 0.6 is 0 Å². The Morgan fingerprint density at radius 1 is 1.00 bits per heavy atom. The van der Waals surface area contributed by atoms with Gasteiger partial charge in [-0.25, -0.2) is 4.79 Å². The molecule has 134 valence electrons. The van der Waals surface area contributed by atoms with E-state index >= 15 is 0 Å². The molecule has 0 unspecified atom stereocenters. The Morgan fingerprint density at radius 3 is 2.08 bits per heavy atom. The number of hydrogen-bond acceptors (Lipinski definition) is 6. The maximum absolute atomic E-state index is 11.7. The summed E-state index contributed by atoms with van der Waals surface area (Å²) in [4.78, 5) is 33.8. The first-order chi connectivity index (χ1) is 12.5. The van der Waals surface area contributed by atoms with Crippen molar-refractivity contribution < 1.29 is 29.0 Å². The van der Waals surface area contributed by atoms with Gasteiger partial charge in [-0.2, -0.15) is 0 Å². The number of nitrogens with two attached hydrogens (primary N) is 1. The molecule has 3 rings (SSSR count). The molecule has 26 heavy (non-hydrogen) atoms. The molecular formula is C19H17NO6. The van der Waals surface area contributed by atoms with Crippen LogP contribution in [0.4, 0.5) is 4.79 Å². The molecule has 1 atom stereocenters. The minimum atomic E-state index is -1.43. The van der Waals surface area contributed by atoms with Crippen LogP contribution in [0.25, 0.3) is 11.1 Å². The fourth-order valence-electron chi connectivity index (χ4n) is 3.02. The van der Waals surface area contributed by atoms with Gasteiger partial charge in [-0.15, -0.1) is 0 Å². The van der Waals surface area contributed by atoms with Gasteiger partial charge in [-0.05, 0) is 22.3 Å².